The summed E-state index contributed by atoms with van der Waals surface area (Å²) in [5.74, 6) is 1.19. The summed E-state index contributed by atoms with van der Waals surface area (Å²) >= 11 is 6.18. The van der Waals surface area contributed by atoms with Crippen LogP contribution in [0.3, 0.4) is 0 Å². The Morgan fingerprint density at radius 1 is 1.35 bits per heavy atom. The summed E-state index contributed by atoms with van der Waals surface area (Å²) in [5.41, 5.74) is 1.08. The SMILES string of the molecule is CCCC1CCC(NC)C(Cc2ccc(F)cc2Cl)C1. The molecule has 1 aromatic rings. The van der Waals surface area contributed by atoms with Gasteiger partial charge in [-0.05, 0) is 62.3 Å². The molecular weight excluding hydrogens is 273 g/mol. The van der Waals surface area contributed by atoms with E-state index in [-0.39, 0.29) is 5.82 Å². The van der Waals surface area contributed by atoms with Crippen LogP contribution in [0.2, 0.25) is 5.02 Å². The lowest BCUT2D eigenvalue weighted by molar-refractivity contribution is 0.200. The third-order valence-corrected chi connectivity index (χ3v) is 5.01. The standard InChI is InChI=1S/C17H25ClFN/c1-3-4-12-5-8-17(20-2)14(9-12)10-13-6-7-15(19)11-16(13)18/h6-7,11-12,14,17,20H,3-5,8-10H2,1-2H3. The zero-order valence-electron chi connectivity index (χ0n) is 12.5. The smallest absolute Gasteiger partial charge is 0.124 e. The molecule has 3 unspecified atom stereocenters. The molecule has 112 valence electrons. The highest BCUT2D eigenvalue weighted by atomic mass is 35.5. The summed E-state index contributed by atoms with van der Waals surface area (Å²) in [5, 5.41) is 4.02. The van der Waals surface area contributed by atoms with E-state index < -0.39 is 0 Å². The van der Waals surface area contributed by atoms with E-state index in [0.29, 0.717) is 17.0 Å². The molecule has 1 N–H and O–H groups in total. The van der Waals surface area contributed by atoms with Gasteiger partial charge in [-0.2, -0.15) is 0 Å². The highest BCUT2D eigenvalue weighted by molar-refractivity contribution is 6.31. The van der Waals surface area contributed by atoms with Gasteiger partial charge in [0.1, 0.15) is 5.82 Å². The molecule has 0 aromatic heterocycles. The lowest BCUT2D eigenvalue weighted by Gasteiger charge is -2.36. The molecule has 20 heavy (non-hydrogen) atoms. The average molecular weight is 298 g/mol. The normalized spacial score (nSPS) is 26.7. The Kier molecular flexibility index (Phi) is 5.86. The fourth-order valence-electron chi connectivity index (χ4n) is 3.61. The lowest BCUT2D eigenvalue weighted by atomic mass is 9.74. The van der Waals surface area contributed by atoms with Crippen LogP contribution in [0.5, 0.6) is 0 Å². The van der Waals surface area contributed by atoms with Gasteiger partial charge in [-0.15, -0.1) is 0 Å². The molecule has 0 bridgehead atoms. The fraction of sp³-hybridized carbons (Fsp3) is 0.647. The maximum absolute atomic E-state index is 13.1. The van der Waals surface area contributed by atoms with Crippen molar-refractivity contribution in [2.45, 2.75) is 51.5 Å². The van der Waals surface area contributed by atoms with E-state index in [9.17, 15) is 4.39 Å². The van der Waals surface area contributed by atoms with E-state index in [4.69, 9.17) is 11.6 Å². The summed E-state index contributed by atoms with van der Waals surface area (Å²) in [6.07, 6.45) is 7.36. The molecule has 3 heteroatoms. The van der Waals surface area contributed by atoms with Gasteiger partial charge in [0.15, 0.2) is 0 Å². The molecule has 1 saturated carbocycles. The largest absolute Gasteiger partial charge is 0.317 e. The van der Waals surface area contributed by atoms with Crippen molar-refractivity contribution < 1.29 is 4.39 Å². The molecule has 0 heterocycles. The van der Waals surface area contributed by atoms with Crippen LogP contribution in [0.1, 0.15) is 44.6 Å². The second-order valence-corrected chi connectivity index (χ2v) is 6.47. The molecule has 0 amide bonds. The van der Waals surface area contributed by atoms with Crippen molar-refractivity contribution >= 4 is 11.6 Å². The maximum atomic E-state index is 13.1. The van der Waals surface area contributed by atoms with Crippen molar-refractivity contribution in [2.75, 3.05) is 7.05 Å². The molecule has 0 saturated heterocycles. The van der Waals surface area contributed by atoms with Crippen LogP contribution in [0.4, 0.5) is 4.39 Å². The summed E-state index contributed by atoms with van der Waals surface area (Å²) in [4.78, 5) is 0. The number of benzene rings is 1. The molecule has 1 fully saturated rings. The molecule has 2 rings (SSSR count). The molecule has 1 nitrogen and oxygen atoms in total. The molecular formula is C17H25ClFN. The van der Waals surface area contributed by atoms with Crippen molar-refractivity contribution in [1.29, 1.82) is 0 Å². The minimum absolute atomic E-state index is 0.253. The Morgan fingerprint density at radius 2 is 2.15 bits per heavy atom. The number of hydrogen-bond donors (Lipinski definition) is 1. The van der Waals surface area contributed by atoms with E-state index >= 15 is 0 Å². The minimum atomic E-state index is -0.253. The minimum Gasteiger partial charge on any atom is -0.317 e. The Balaban J connectivity index is 2.07. The van der Waals surface area contributed by atoms with Crippen LogP contribution < -0.4 is 5.32 Å². The summed E-state index contributed by atoms with van der Waals surface area (Å²) in [6, 6.07) is 5.34. The number of halogens is 2. The zero-order valence-corrected chi connectivity index (χ0v) is 13.2. The van der Waals surface area contributed by atoms with E-state index in [1.165, 1.54) is 44.2 Å². The first-order valence-electron chi connectivity index (χ1n) is 7.75. The Hall–Kier alpha value is -0.600. The predicted octanol–water partition coefficient (Wildman–Crippen LogP) is 4.83. The van der Waals surface area contributed by atoms with E-state index in [0.717, 1.165) is 17.9 Å². The van der Waals surface area contributed by atoms with Gasteiger partial charge in [-0.1, -0.05) is 37.4 Å². The lowest BCUT2D eigenvalue weighted by Crippen LogP contribution is -2.39. The topological polar surface area (TPSA) is 12.0 Å². The van der Waals surface area contributed by atoms with Crippen LogP contribution in [0, 0.1) is 17.7 Å². The van der Waals surface area contributed by atoms with Gasteiger partial charge in [-0.25, -0.2) is 4.39 Å². The molecule has 3 atom stereocenters. The molecule has 0 spiro atoms. The number of hydrogen-bond acceptors (Lipinski definition) is 1. The van der Waals surface area contributed by atoms with E-state index in [2.05, 4.69) is 12.2 Å². The molecule has 1 aliphatic carbocycles. The highest BCUT2D eigenvalue weighted by Crippen LogP contribution is 2.35. The number of rotatable bonds is 5. The maximum Gasteiger partial charge on any atom is 0.124 e. The van der Waals surface area contributed by atoms with Gasteiger partial charge in [-0.3, -0.25) is 0 Å². The second-order valence-electron chi connectivity index (χ2n) is 6.06. The first-order valence-corrected chi connectivity index (χ1v) is 8.13. The van der Waals surface area contributed by atoms with Crippen molar-refractivity contribution in [2.24, 2.45) is 11.8 Å². The first kappa shape index (κ1) is 15.8. The first-order chi connectivity index (χ1) is 9.63. The Labute approximate surface area is 126 Å². The summed E-state index contributed by atoms with van der Waals surface area (Å²) < 4.78 is 13.1. The molecule has 0 aliphatic heterocycles. The number of nitrogens with one attached hydrogen (secondary N) is 1. The van der Waals surface area contributed by atoms with Gasteiger partial charge < -0.3 is 5.32 Å². The van der Waals surface area contributed by atoms with Gasteiger partial charge in [0, 0.05) is 11.1 Å². The molecule has 1 aliphatic rings. The van der Waals surface area contributed by atoms with Crippen LogP contribution in [0.25, 0.3) is 0 Å². The fourth-order valence-corrected chi connectivity index (χ4v) is 3.85. The third-order valence-electron chi connectivity index (χ3n) is 4.66. The highest BCUT2D eigenvalue weighted by Gasteiger charge is 2.29. The second kappa shape index (κ2) is 7.42. The zero-order chi connectivity index (χ0) is 14.5. The van der Waals surface area contributed by atoms with E-state index in [1.54, 1.807) is 0 Å². The van der Waals surface area contributed by atoms with Crippen LogP contribution >= 0.6 is 11.6 Å². The van der Waals surface area contributed by atoms with Crippen LogP contribution in [0.15, 0.2) is 18.2 Å². The monoisotopic (exact) mass is 297 g/mol. The van der Waals surface area contributed by atoms with Gasteiger partial charge in [0.2, 0.25) is 0 Å². The van der Waals surface area contributed by atoms with Gasteiger partial charge in [0.05, 0.1) is 0 Å². The molecule has 1 aromatic carbocycles. The summed E-state index contributed by atoms with van der Waals surface area (Å²) in [7, 11) is 2.05. The van der Waals surface area contributed by atoms with Gasteiger partial charge in [0.25, 0.3) is 0 Å². The van der Waals surface area contributed by atoms with Crippen molar-refractivity contribution in [3.63, 3.8) is 0 Å². The third kappa shape index (κ3) is 3.95. The Morgan fingerprint density at radius 3 is 2.80 bits per heavy atom. The van der Waals surface area contributed by atoms with Crippen LogP contribution in [-0.2, 0) is 6.42 Å². The van der Waals surface area contributed by atoms with Crippen molar-refractivity contribution in [3.05, 3.63) is 34.6 Å². The van der Waals surface area contributed by atoms with Crippen molar-refractivity contribution in [3.8, 4) is 0 Å². The van der Waals surface area contributed by atoms with Gasteiger partial charge >= 0.3 is 0 Å². The quantitative estimate of drug-likeness (QED) is 0.821. The van der Waals surface area contributed by atoms with Crippen molar-refractivity contribution in [1.82, 2.24) is 5.32 Å². The summed E-state index contributed by atoms with van der Waals surface area (Å²) in [6.45, 7) is 2.26. The Bertz CT molecular complexity index is 435. The predicted molar refractivity (Wildman–Crippen MR) is 83.7 cm³/mol. The molecule has 0 radical (unpaired) electrons. The average Bonchev–Trinajstić information content (AvgIpc) is 2.43. The van der Waals surface area contributed by atoms with E-state index in [1.807, 2.05) is 13.1 Å². The van der Waals surface area contributed by atoms with Crippen LogP contribution in [-0.4, -0.2) is 13.1 Å².